The van der Waals surface area contributed by atoms with E-state index in [9.17, 15) is 0 Å². The zero-order valence-electron chi connectivity index (χ0n) is 8.80. The average molecular weight is 309 g/mol. The molecule has 0 bridgehead atoms. The average Bonchev–Trinajstić information content (AvgIpc) is 2.77. The number of alkyl halides is 1. The SMILES string of the molecule is CC1(CCl)CCN(Cc2ccsc2Br)C1. The van der Waals surface area contributed by atoms with Gasteiger partial charge in [-0.3, -0.25) is 4.90 Å². The second-order valence-corrected chi connectivity index (χ2v) is 7.13. The lowest BCUT2D eigenvalue weighted by molar-refractivity contribution is 0.286. The number of likely N-dealkylation sites (tertiary alicyclic amines) is 1. The Balaban J connectivity index is 1.96. The monoisotopic (exact) mass is 307 g/mol. The summed E-state index contributed by atoms with van der Waals surface area (Å²) < 4.78 is 1.27. The van der Waals surface area contributed by atoms with Gasteiger partial charge in [0.05, 0.1) is 3.79 Å². The van der Waals surface area contributed by atoms with E-state index in [1.807, 2.05) is 0 Å². The van der Waals surface area contributed by atoms with Gasteiger partial charge in [-0.2, -0.15) is 0 Å². The van der Waals surface area contributed by atoms with Crippen molar-refractivity contribution in [3.8, 4) is 0 Å². The predicted octanol–water partition coefficient (Wildman–Crippen LogP) is 3.96. The third-order valence-electron chi connectivity index (χ3n) is 3.05. The first kappa shape index (κ1) is 11.9. The van der Waals surface area contributed by atoms with Gasteiger partial charge in [-0.05, 0) is 51.3 Å². The zero-order chi connectivity index (χ0) is 10.9. The van der Waals surface area contributed by atoms with Crippen LogP contribution in [-0.4, -0.2) is 23.9 Å². The highest BCUT2D eigenvalue weighted by Crippen LogP contribution is 2.33. The van der Waals surface area contributed by atoms with E-state index >= 15 is 0 Å². The lowest BCUT2D eigenvalue weighted by Gasteiger charge is -2.21. The predicted molar refractivity (Wildman–Crippen MR) is 70.7 cm³/mol. The van der Waals surface area contributed by atoms with Crippen molar-refractivity contribution < 1.29 is 0 Å². The van der Waals surface area contributed by atoms with E-state index < -0.39 is 0 Å². The van der Waals surface area contributed by atoms with Crippen LogP contribution < -0.4 is 0 Å². The third kappa shape index (κ3) is 2.76. The van der Waals surface area contributed by atoms with Crippen LogP contribution in [0.1, 0.15) is 18.9 Å². The molecule has 15 heavy (non-hydrogen) atoms. The Morgan fingerprint density at radius 3 is 3.00 bits per heavy atom. The van der Waals surface area contributed by atoms with Gasteiger partial charge in [0.25, 0.3) is 0 Å². The molecule has 1 aromatic heterocycles. The van der Waals surface area contributed by atoms with Crippen molar-refractivity contribution in [3.05, 3.63) is 20.8 Å². The van der Waals surface area contributed by atoms with E-state index in [1.54, 1.807) is 11.3 Å². The van der Waals surface area contributed by atoms with Gasteiger partial charge in [0, 0.05) is 19.0 Å². The molecule has 1 aliphatic rings. The summed E-state index contributed by atoms with van der Waals surface area (Å²) in [6.07, 6.45) is 1.22. The summed E-state index contributed by atoms with van der Waals surface area (Å²) in [6.45, 7) is 5.63. The minimum absolute atomic E-state index is 0.323. The van der Waals surface area contributed by atoms with Crippen LogP contribution >= 0.6 is 38.9 Å². The number of thiophene rings is 1. The van der Waals surface area contributed by atoms with E-state index in [4.69, 9.17) is 11.6 Å². The number of hydrogen-bond donors (Lipinski definition) is 0. The molecule has 1 nitrogen and oxygen atoms in total. The quantitative estimate of drug-likeness (QED) is 0.764. The summed E-state index contributed by atoms with van der Waals surface area (Å²) >= 11 is 11.3. The van der Waals surface area contributed by atoms with Gasteiger partial charge in [0.15, 0.2) is 0 Å². The van der Waals surface area contributed by atoms with E-state index in [0.29, 0.717) is 5.41 Å². The van der Waals surface area contributed by atoms with Gasteiger partial charge < -0.3 is 0 Å². The molecule has 1 fully saturated rings. The summed E-state index contributed by atoms with van der Waals surface area (Å²) in [5.74, 6) is 0.772. The van der Waals surface area contributed by atoms with Crippen LogP contribution in [0.15, 0.2) is 15.2 Å². The van der Waals surface area contributed by atoms with Crippen LogP contribution in [0.5, 0.6) is 0 Å². The van der Waals surface area contributed by atoms with Gasteiger partial charge in [-0.1, -0.05) is 6.92 Å². The van der Waals surface area contributed by atoms with Crippen molar-refractivity contribution >= 4 is 38.9 Å². The van der Waals surface area contributed by atoms with Crippen LogP contribution in [-0.2, 0) is 6.54 Å². The Bertz CT molecular complexity index is 341. The number of hydrogen-bond acceptors (Lipinski definition) is 2. The zero-order valence-corrected chi connectivity index (χ0v) is 12.0. The van der Waals surface area contributed by atoms with Crippen LogP contribution in [0.3, 0.4) is 0 Å². The van der Waals surface area contributed by atoms with E-state index in [-0.39, 0.29) is 0 Å². The highest BCUT2D eigenvalue weighted by molar-refractivity contribution is 9.11. The molecular weight excluding hydrogens is 294 g/mol. The van der Waals surface area contributed by atoms with E-state index in [1.165, 1.54) is 22.3 Å². The molecule has 1 saturated heterocycles. The van der Waals surface area contributed by atoms with Crippen molar-refractivity contribution in [1.29, 1.82) is 0 Å². The number of nitrogens with zero attached hydrogens (tertiary/aromatic N) is 1. The van der Waals surface area contributed by atoms with Gasteiger partial charge in [-0.25, -0.2) is 0 Å². The summed E-state index contributed by atoms with van der Waals surface area (Å²) in [5, 5.41) is 2.14. The number of rotatable bonds is 3. The summed E-state index contributed by atoms with van der Waals surface area (Å²) in [7, 11) is 0. The molecule has 1 aliphatic heterocycles. The second-order valence-electron chi connectivity index (χ2n) is 4.62. The molecule has 1 unspecified atom stereocenters. The van der Waals surface area contributed by atoms with Gasteiger partial charge in [0.2, 0.25) is 0 Å². The molecule has 0 saturated carbocycles. The molecule has 0 aliphatic carbocycles. The normalized spacial score (nSPS) is 27.4. The molecule has 2 heterocycles. The Morgan fingerprint density at radius 1 is 1.67 bits per heavy atom. The summed E-state index contributed by atoms with van der Waals surface area (Å²) in [5.41, 5.74) is 1.73. The summed E-state index contributed by atoms with van der Waals surface area (Å²) in [6, 6.07) is 2.20. The maximum atomic E-state index is 5.99. The Morgan fingerprint density at radius 2 is 2.47 bits per heavy atom. The lowest BCUT2D eigenvalue weighted by atomic mass is 9.93. The first-order chi connectivity index (χ1) is 7.13. The van der Waals surface area contributed by atoms with Crippen LogP contribution in [0.2, 0.25) is 0 Å². The molecule has 0 N–H and O–H groups in total. The fourth-order valence-corrected chi connectivity index (χ4v) is 3.48. The highest BCUT2D eigenvalue weighted by atomic mass is 79.9. The number of halogens is 2. The largest absolute Gasteiger partial charge is 0.298 e. The first-order valence-electron chi connectivity index (χ1n) is 5.13. The standard InChI is InChI=1S/C11H15BrClNS/c1-11(7-13)3-4-14(8-11)6-9-2-5-15-10(9)12/h2,5H,3-4,6-8H2,1H3. The van der Waals surface area contributed by atoms with Crippen molar-refractivity contribution in [2.24, 2.45) is 5.41 Å². The Labute approximate surface area is 109 Å². The van der Waals surface area contributed by atoms with Crippen molar-refractivity contribution in [2.75, 3.05) is 19.0 Å². The molecule has 84 valence electrons. The van der Waals surface area contributed by atoms with Crippen LogP contribution in [0, 0.1) is 5.41 Å². The lowest BCUT2D eigenvalue weighted by Crippen LogP contribution is -2.25. The van der Waals surface area contributed by atoms with Gasteiger partial charge in [0.1, 0.15) is 0 Å². The van der Waals surface area contributed by atoms with Gasteiger partial charge >= 0.3 is 0 Å². The fourth-order valence-electron chi connectivity index (χ4n) is 2.04. The first-order valence-corrected chi connectivity index (χ1v) is 7.34. The van der Waals surface area contributed by atoms with Gasteiger partial charge in [-0.15, -0.1) is 22.9 Å². The molecule has 0 radical (unpaired) electrons. The maximum absolute atomic E-state index is 5.99. The highest BCUT2D eigenvalue weighted by Gasteiger charge is 2.32. The van der Waals surface area contributed by atoms with E-state index in [0.717, 1.165) is 19.0 Å². The van der Waals surface area contributed by atoms with E-state index in [2.05, 4.69) is 39.2 Å². The summed E-state index contributed by atoms with van der Waals surface area (Å²) in [4.78, 5) is 2.50. The smallest absolute Gasteiger partial charge is 0.0743 e. The minimum Gasteiger partial charge on any atom is -0.298 e. The third-order valence-corrected chi connectivity index (χ3v) is 5.50. The van der Waals surface area contributed by atoms with Crippen molar-refractivity contribution in [3.63, 3.8) is 0 Å². The molecule has 4 heteroatoms. The molecule has 2 rings (SSSR count). The Hall–Kier alpha value is 0.430. The van der Waals surface area contributed by atoms with Crippen molar-refractivity contribution in [1.82, 2.24) is 4.90 Å². The van der Waals surface area contributed by atoms with Crippen LogP contribution in [0.25, 0.3) is 0 Å². The van der Waals surface area contributed by atoms with Crippen molar-refractivity contribution in [2.45, 2.75) is 19.9 Å². The minimum atomic E-state index is 0.323. The Kier molecular flexibility index (Phi) is 3.76. The molecule has 0 spiro atoms. The molecule has 0 aromatic carbocycles. The van der Waals surface area contributed by atoms with Crippen LogP contribution in [0.4, 0.5) is 0 Å². The topological polar surface area (TPSA) is 3.24 Å². The maximum Gasteiger partial charge on any atom is 0.0743 e. The second kappa shape index (κ2) is 4.74. The fraction of sp³-hybridized carbons (Fsp3) is 0.636. The molecule has 1 aromatic rings. The molecule has 1 atom stereocenters. The molecule has 0 amide bonds. The molecular formula is C11H15BrClNS.